The molecule has 0 radical (unpaired) electrons. The highest BCUT2D eigenvalue weighted by Crippen LogP contribution is 2.73. The predicted molar refractivity (Wildman–Crippen MR) is 88.1 cm³/mol. The number of nitrogens with zero attached hydrogens (tertiary/aromatic N) is 1. The molecule has 4 rings (SSSR count). The third-order valence-corrected chi connectivity index (χ3v) is 5.50. The van der Waals surface area contributed by atoms with Gasteiger partial charge in [-0.05, 0) is 57.7 Å². The SMILES string of the molecule is C/C(CN)=C(\C)c1ccc(OCC23CC(C(=O)O)(C2)C3)c(C)n1. The molecule has 1 heterocycles. The van der Waals surface area contributed by atoms with E-state index < -0.39 is 11.4 Å². The molecule has 3 saturated carbocycles. The van der Waals surface area contributed by atoms with Gasteiger partial charge in [0.15, 0.2) is 0 Å². The number of pyridine rings is 1. The molecule has 5 nitrogen and oxygen atoms in total. The van der Waals surface area contributed by atoms with Crippen LogP contribution in [0.3, 0.4) is 0 Å². The van der Waals surface area contributed by atoms with Gasteiger partial charge >= 0.3 is 5.97 Å². The van der Waals surface area contributed by atoms with Crippen LogP contribution in [-0.4, -0.2) is 29.2 Å². The van der Waals surface area contributed by atoms with Crippen LogP contribution in [0.25, 0.3) is 5.57 Å². The zero-order chi connectivity index (χ0) is 16.8. The maximum Gasteiger partial charge on any atom is 0.309 e. The van der Waals surface area contributed by atoms with Gasteiger partial charge in [0, 0.05) is 12.0 Å². The van der Waals surface area contributed by atoms with E-state index in [0.717, 1.165) is 47.5 Å². The number of carbonyl (C=O) groups is 1. The lowest BCUT2D eigenvalue weighted by Crippen LogP contribution is -2.67. The Hall–Kier alpha value is -1.88. The fourth-order valence-corrected chi connectivity index (χ4v) is 3.89. The number of aromatic nitrogens is 1. The summed E-state index contributed by atoms with van der Waals surface area (Å²) in [5.74, 6) is 0.125. The number of aryl methyl sites for hydroxylation is 1. The Morgan fingerprint density at radius 2 is 2.00 bits per heavy atom. The van der Waals surface area contributed by atoms with Gasteiger partial charge in [0.25, 0.3) is 0 Å². The fraction of sp³-hybridized carbons (Fsp3) is 0.556. The van der Waals surface area contributed by atoms with E-state index in [4.69, 9.17) is 15.6 Å². The molecule has 0 amide bonds. The minimum atomic E-state index is -0.654. The second-order valence-electron chi connectivity index (χ2n) is 7.29. The third-order valence-electron chi connectivity index (χ3n) is 5.50. The van der Waals surface area contributed by atoms with Crippen molar-refractivity contribution in [1.82, 2.24) is 4.98 Å². The van der Waals surface area contributed by atoms with E-state index in [1.165, 1.54) is 0 Å². The van der Waals surface area contributed by atoms with Crippen LogP contribution >= 0.6 is 0 Å². The topological polar surface area (TPSA) is 85.4 Å². The Morgan fingerprint density at radius 3 is 2.52 bits per heavy atom. The number of nitrogens with two attached hydrogens (primary N) is 1. The molecule has 23 heavy (non-hydrogen) atoms. The monoisotopic (exact) mass is 316 g/mol. The van der Waals surface area contributed by atoms with E-state index in [9.17, 15) is 4.79 Å². The van der Waals surface area contributed by atoms with E-state index >= 15 is 0 Å². The first-order valence-corrected chi connectivity index (χ1v) is 8.02. The zero-order valence-corrected chi connectivity index (χ0v) is 14.0. The third kappa shape index (κ3) is 2.53. The molecular formula is C18H24N2O3. The maximum absolute atomic E-state index is 11.1. The largest absolute Gasteiger partial charge is 0.491 e. The molecule has 0 saturated heterocycles. The van der Waals surface area contributed by atoms with Crippen LogP contribution < -0.4 is 10.5 Å². The minimum absolute atomic E-state index is 0.0788. The van der Waals surface area contributed by atoms with E-state index in [0.29, 0.717) is 13.2 Å². The van der Waals surface area contributed by atoms with Gasteiger partial charge in [-0.15, -0.1) is 0 Å². The lowest BCUT2D eigenvalue weighted by molar-refractivity contribution is -0.231. The van der Waals surface area contributed by atoms with Crippen molar-refractivity contribution >= 4 is 11.5 Å². The summed E-state index contributed by atoms with van der Waals surface area (Å²) in [5, 5.41) is 9.16. The van der Waals surface area contributed by atoms with Crippen molar-refractivity contribution in [3.8, 4) is 5.75 Å². The van der Waals surface area contributed by atoms with E-state index in [-0.39, 0.29) is 5.41 Å². The van der Waals surface area contributed by atoms with E-state index in [1.54, 1.807) is 0 Å². The average Bonchev–Trinajstić information content (AvgIpc) is 2.43. The number of hydrogen-bond donors (Lipinski definition) is 2. The Labute approximate surface area is 136 Å². The number of ether oxygens (including phenoxy) is 1. The van der Waals surface area contributed by atoms with Gasteiger partial charge in [-0.1, -0.05) is 5.57 Å². The Kier molecular flexibility index (Phi) is 3.71. The number of hydrogen-bond acceptors (Lipinski definition) is 4. The molecule has 0 spiro atoms. The van der Waals surface area contributed by atoms with Crippen LogP contribution in [0.5, 0.6) is 5.75 Å². The smallest absolute Gasteiger partial charge is 0.309 e. The maximum atomic E-state index is 11.1. The molecular weight excluding hydrogens is 292 g/mol. The Morgan fingerprint density at radius 1 is 1.35 bits per heavy atom. The number of rotatable bonds is 6. The number of allylic oxidation sites excluding steroid dienone is 1. The van der Waals surface area contributed by atoms with Crippen LogP contribution in [0.4, 0.5) is 0 Å². The van der Waals surface area contributed by atoms with Gasteiger partial charge in [-0.3, -0.25) is 4.79 Å². The summed E-state index contributed by atoms with van der Waals surface area (Å²) in [6.45, 7) is 7.08. The Bertz CT molecular complexity index is 674. The number of carboxylic acid groups (broad SMARTS) is 1. The van der Waals surface area contributed by atoms with Crippen LogP contribution in [0, 0.1) is 17.8 Å². The first-order valence-electron chi connectivity index (χ1n) is 8.02. The summed E-state index contributed by atoms with van der Waals surface area (Å²) >= 11 is 0. The molecule has 3 aliphatic carbocycles. The van der Waals surface area contributed by atoms with Gasteiger partial charge < -0.3 is 15.6 Å². The lowest BCUT2D eigenvalue weighted by Gasteiger charge is -2.67. The molecule has 0 atom stereocenters. The first-order chi connectivity index (χ1) is 10.8. The van der Waals surface area contributed by atoms with E-state index in [1.807, 2.05) is 32.9 Å². The molecule has 124 valence electrons. The van der Waals surface area contributed by atoms with Crippen molar-refractivity contribution < 1.29 is 14.6 Å². The van der Waals surface area contributed by atoms with Gasteiger partial charge in [-0.2, -0.15) is 0 Å². The van der Waals surface area contributed by atoms with Crippen molar-refractivity contribution in [2.75, 3.05) is 13.2 Å². The van der Waals surface area contributed by atoms with Crippen LogP contribution in [0.1, 0.15) is 44.5 Å². The van der Waals surface area contributed by atoms with Gasteiger partial charge in [0.2, 0.25) is 0 Å². The van der Waals surface area contributed by atoms with Crippen molar-refractivity contribution in [3.05, 3.63) is 29.1 Å². The highest BCUT2D eigenvalue weighted by Gasteiger charge is 2.72. The molecule has 0 unspecified atom stereocenters. The number of carboxylic acids is 1. The van der Waals surface area contributed by atoms with Gasteiger partial charge in [0.1, 0.15) is 5.75 Å². The van der Waals surface area contributed by atoms with Crippen LogP contribution in [0.2, 0.25) is 0 Å². The summed E-state index contributed by atoms with van der Waals surface area (Å²) in [4.78, 5) is 15.7. The van der Waals surface area contributed by atoms with Crippen molar-refractivity contribution in [2.24, 2.45) is 16.6 Å². The normalized spacial score (nSPS) is 29.2. The zero-order valence-electron chi connectivity index (χ0n) is 14.0. The standard InChI is InChI=1S/C18H24N2O3/c1-11(6-19)12(2)14-4-5-15(13(3)20-14)23-10-17-7-18(8-17,9-17)16(21)22/h4-5H,6-10,19H2,1-3H3,(H,21,22)/b12-11-. The van der Waals surface area contributed by atoms with Gasteiger partial charge in [-0.25, -0.2) is 4.98 Å². The number of aliphatic carboxylic acids is 1. The molecule has 0 aromatic carbocycles. The summed E-state index contributed by atoms with van der Waals surface area (Å²) in [6, 6.07) is 3.90. The second kappa shape index (κ2) is 5.34. The molecule has 3 N–H and O–H groups in total. The highest BCUT2D eigenvalue weighted by molar-refractivity contribution is 5.79. The molecule has 1 aromatic heterocycles. The van der Waals surface area contributed by atoms with Crippen LogP contribution in [-0.2, 0) is 4.79 Å². The van der Waals surface area contributed by atoms with Gasteiger partial charge in [0.05, 0.1) is 23.4 Å². The summed E-state index contributed by atoms with van der Waals surface area (Å²) in [6.07, 6.45) is 2.24. The molecule has 5 heteroatoms. The minimum Gasteiger partial charge on any atom is -0.491 e. The molecule has 2 bridgehead atoms. The summed E-state index contributed by atoms with van der Waals surface area (Å²) < 4.78 is 5.93. The van der Waals surface area contributed by atoms with Crippen molar-refractivity contribution in [1.29, 1.82) is 0 Å². The van der Waals surface area contributed by atoms with Crippen molar-refractivity contribution in [2.45, 2.75) is 40.0 Å². The Balaban J connectivity index is 1.64. The van der Waals surface area contributed by atoms with E-state index in [2.05, 4.69) is 4.98 Å². The lowest BCUT2D eigenvalue weighted by atomic mass is 9.35. The molecule has 1 aromatic rings. The fourth-order valence-electron chi connectivity index (χ4n) is 3.89. The molecule has 3 aliphatic rings. The van der Waals surface area contributed by atoms with Crippen molar-refractivity contribution in [3.63, 3.8) is 0 Å². The summed E-state index contributed by atoms with van der Waals surface area (Å²) in [7, 11) is 0. The second-order valence-corrected chi connectivity index (χ2v) is 7.29. The first kappa shape index (κ1) is 16.0. The van der Waals surface area contributed by atoms with Crippen LogP contribution in [0.15, 0.2) is 17.7 Å². The average molecular weight is 316 g/mol. The molecule has 3 fully saturated rings. The quantitative estimate of drug-likeness (QED) is 0.843. The predicted octanol–water partition coefficient (Wildman–Crippen LogP) is 2.78. The highest BCUT2D eigenvalue weighted by atomic mass is 16.5. The molecule has 0 aliphatic heterocycles. The summed E-state index contributed by atoms with van der Waals surface area (Å²) in [5.41, 5.74) is 9.32.